The van der Waals surface area contributed by atoms with Crippen LogP contribution in [0.25, 0.3) is 44.1 Å². The molecule has 0 amide bonds. The third-order valence-corrected chi connectivity index (χ3v) is 9.72. The zero-order chi connectivity index (χ0) is 54.7. The van der Waals surface area contributed by atoms with Gasteiger partial charge in [-0.25, -0.2) is 19.9 Å². The number of aromatic hydroxyl groups is 4. The van der Waals surface area contributed by atoms with Gasteiger partial charge in [-0.1, -0.05) is 48.5 Å². The molecule has 0 saturated heterocycles. The maximum Gasteiger partial charge on any atom is 2.00 e. The number of nitrogens with zero attached hydrogens (tertiary/aromatic N) is 4. The Balaban J connectivity index is 0.000000454. The number of rotatable bonds is 4. The van der Waals surface area contributed by atoms with Crippen molar-refractivity contribution in [2.45, 2.75) is 0 Å². The minimum absolute atomic E-state index is 0. The number of fused-ring (bicyclic) bond motifs is 4. The summed E-state index contributed by atoms with van der Waals surface area (Å²) in [6.07, 6.45) is 6.80. The van der Waals surface area contributed by atoms with Gasteiger partial charge >= 0.3 is 39.0 Å². The molecule has 8 aromatic carbocycles. The predicted octanol–water partition coefficient (Wildman–Crippen LogP) is 3.62. The second kappa shape index (κ2) is 36.0. The molecule has 0 aliphatic carbocycles. The first-order chi connectivity index (χ1) is 36.7. The second-order valence-electron chi connectivity index (χ2n) is 15.0. The van der Waals surface area contributed by atoms with Gasteiger partial charge in [0.1, 0.15) is 23.0 Å². The molecule has 0 unspecified atom stereocenters. The summed E-state index contributed by atoms with van der Waals surface area (Å²) < 4.78 is 0. The Morgan fingerprint density at radius 3 is 0.600 bits per heavy atom. The molecule has 0 aliphatic rings. The summed E-state index contributed by atoms with van der Waals surface area (Å²) in [5, 5.41) is 75.4. The largest absolute Gasteiger partial charge is 2.00 e. The van der Waals surface area contributed by atoms with Crippen LogP contribution < -0.4 is 20.4 Å². The van der Waals surface area contributed by atoms with Gasteiger partial charge in [-0.3, -0.25) is 0 Å². The van der Waals surface area contributed by atoms with Gasteiger partial charge in [-0.05, 0) is 168 Å². The van der Waals surface area contributed by atoms with Crippen molar-refractivity contribution in [3.8, 4) is 23.0 Å². The quantitative estimate of drug-likeness (QED) is 0.117. The van der Waals surface area contributed by atoms with Crippen molar-refractivity contribution in [1.82, 2.24) is 39.9 Å². The van der Waals surface area contributed by atoms with Crippen molar-refractivity contribution in [3.05, 3.63) is 242 Å². The number of carbonyl (C=O) groups is 4. The number of carbonyl (C=O) groups excluding carboxylic acids is 4. The van der Waals surface area contributed by atoms with Gasteiger partial charge in [-0.2, -0.15) is 0 Å². The van der Waals surface area contributed by atoms with Crippen molar-refractivity contribution in [2.24, 2.45) is 0 Å². The number of aromatic amines is 4. The molecule has 0 radical (unpaired) electrons. The zero-order valence-corrected chi connectivity index (χ0v) is 48.0. The Labute approximate surface area is 480 Å². The molecule has 0 saturated carbocycles. The van der Waals surface area contributed by atoms with Crippen LogP contribution in [0.1, 0.15) is 41.4 Å². The van der Waals surface area contributed by atoms with E-state index < -0.39 is 23.9 Å². The maximum absolute atomic E-state index is 10.1. The number of carboxylic acids is 4. The average molecular weight is 1190 g/mol. The fraction of sp³-hybridized carbons (Fsp3) is 0. The predicted molar refractivity (Wildman–Crippen MR) is 281 cm³/mol. The summed E-state index contributed by atoms with van der Waals surface area (Å²) >= 11 is 0. The van der Waals surface area contributed by atoms with Crippen molar-refractivity contribution in [2.75, 3.05) is 0 Å². The molecule has 12 rings (SSSR count). The first kappa shape index (κ1) is 67.9. The van der Waals surface area contributed by atoms with Crippen LogP contribution in [0.4, 0.5) is 0 Å². The molecule has 12 aromatic rings. The van der Waals surface area contributed by atoms with E-state index in [9.17, 15) is 39.6 Å². The van der Waals surface area contributed by atoms with Gasteiger partial charge in [0.2, 0.25) is 0 Å². The molecule has 0 atom stereocenters. The van der Waals surface area contributed by atoms with Crippen LogP contribution in [0.5, 0.6) is 23.0 Å². The number of phenols is 4. The molecule has 12 N–H and O–H groups in total. The van der Waals surface area contributed by atoms with E-state index >= 15 is 0 Å². The monoisotopic (exact) mass is 1180 g/mol. The third kappa shape index (κ3) is 23.4. The smallest absolute Gasteiger partial charge is 0.545 e. The minimum Gasteiger partial charge on any atom is -0.545 e. The van der Waals surface area contributed by atoms with Crippen LogP contribution >= 0.6 is 0 Å². The number of H-pyrrole nitrogens is 4. The molecular weight excluding hydrogens is 1140 g/mol. The van der Waals surface area contributed by atoms with Crippen LogP contribution in [-0.4, -0.2) is 95.1 Å². The summed E-state index contributed by atoms with van der Waals surface area (Å²) in [5.41, 5.74) is 8.75. The Morgan fingerprint density at radius 2 is 0.450 bits per heavy atom. The summed E-state index contributed by atoms with van der Waals surface area (Å²) in [5.74, 6) is -4.76. The van der Waals surface area contributed by atoms with Crippen molar-refractivity contribution in [1.29, 1.82) is 0 Å². The van der Waals surface area contributed by atoms with Gasteiger partial charge in [0.15, 0.2) is 0 Å². The number of benzene rings is 8. The van der Waals surface area contributed by atoms with E-state index in [-0.39, 0.29) is 95.2 Å². The van der Waals surface area contributed by atoms with Crippen molar-refractivity contribution >= 4 is 68.0 Å². The number of para-hydroxylation sites is 8. The molecule has 0 aliphatic heterocycles. The molecule has 4 heterocycles. The standard InChI is InChI=1S/4C7H6N2.4C7H6O3.2H2O.2Zn/c4*1-2-4-7-6(3-1)8-5-9-7;4*8-6-3-1-5(2-4-6)7(9)10;;;;/h4*1-5H,(H,8,9);4*1-4,8H,(H,9,10);2*1H2;;/q;;;;;;;;;;2*+2/p-4. The molecule has 4 aromatic heterocycles. The van der Waals surface area contributed by atoms with E-state index in [0.717, 1.165) is 44.1 Å². The van der Waals surface area contributed by atoms with E-state index in [2.05, 4.69) is 39.9 Å². The van der Waals surface area contributed by atoms with Crippen LogP contribution in [0, 0.1) is 0 Å². The molecule has 400 valence electrons. The first-order valence-electron chi connectivity index (χ1n) is 22.2. The van der Waals surface area contributed by atoms with Gasteiger partial charge in [0.25, 0.3) is 0 Å². The molecule has 22 nitrogen and oxygen atoms in total. The molecule has 0 fully saturated rings. The fourth-order valence-electron chi connectivity index (χ4n) is 5.91. The summed E-state index contributed by atoms with van der Waals surface area (Å²) in [7, 11) is 0. The molecule has 24 heteroatoms. The Bertz CT molecular complexity index is 3080. The van der Waals surface area contributed by atoms with E-state index in [0.29, 0.717) is 0 Å². The van der Waals surface area contributed by atoms with Gasteiger partial charge in [-0.15, -0.1) is 0 Å². The molecule has 80 heavy (non-hydrogen) atoms. The number of carboxylic acid groups (broad SMARTS) is 4. The van der Waals surface area contributed by atoms with Gasteiger partial charge in [0.05, 0.1) is 93.3 Å². The van der Waals surface area contributed by atoms with Crippen LogP contribution in [-0.2, 0) is 39.0 Å². The zero-order valence-electron chi connectivity index (χ0n) is 42.0. The van der Waals surface area contributed by atoms with Crippen LogP contribution in [0.2, 0.25) is 0 Å². The second-order valence-corrected chi connectivity index (χ2v) is 15.0. The number of phenolic OH excluding ortho intramolecular Hbond substituents is 4. The first-order valence-corrected chi connectivity index (χ1v) is 22.2. The summed E-state index contributed by atoms with van der Waals surface area (Å²) in [6, 6.07) is 52.4. The van der Waals surface area contributed by atoms with E-state index in [4.69, 9.17) is 20.4 Å². The van der Waals surface area contributed by atoms with Gasteiger partial charge in [0, 0.05) is 0 Å². The number of hydrogen-bond acceptors (Lipinski definition) is 16. The van der Waals surface area contributed by atoms with E-state index in [1.54, 1.807) is 25.3 Å². The number of aromatic carboxylic acids is 4. The number of hydrogen-bond donors (Lipinski definition) is 8. The topological polar surface area (TPSA) is 419 Å². The average Bonchev–Trinajstić information content (AvgIpc) is 4.29. The molecule has 0 spiro atoms. The van der Waals surface area contributed by atoms with E-state index in [1.165, 1.54) is 97.1 Å². The third-order valence-electron chi connectivity index (χ3n) is 9.72. The normalized spacial score (nSPS) is 9.20. The van der Waals surface area contributed by atoms with E-state index in [1.807, 2.05) is 97.1 Å². The molecular formula is C56H48N8O14Zn2. The van der Waals surface area contributed by atoms with Crippen LogP contribution in [0.15, 0.2) is 219 Å². The minimum atomic E-state index is -1.24. The number of aromatic nitrogens is 8. The summed E-state index contributed by atoms with van der Waals surface area (Å²) in [4.78, 5) is 68.8. The number of imidazole rings is 4. The Morgan fingerprint density at radius 1 is 0.287 bits per heavy atom. The maximum atomic E-state index is 10.1. The van der Waals surface area contributed by atoms with Crippen LogP contribution in [0.3, 0.4) is 0 Å². The van der Waals surface area contributed by atoms with Gasteiger partial charge < -0.3 is 90.9 Å². The van der Waals surface area contributed by atoms with Crippen molar-refractivity contribution in [3.63, 3.8) is 0 Å². The Kier molecular flexibility index (Phi) is 30.6. The Hall–Kier alpha value is -10.1. The fourth-order valence-corrected chi connectivity index (χ4v) is 5.91. The molecule has 0 bridgehead atoms. The SMILES string of the molecule is O.O.O=C([O-])c1ccc(O)cc1.O=C([O-])c1ccc(O)cc1.O=C([O-])c1ccc(O)cc1.O=C([O-])c1ccc(O)cc1.[Zn+2].[Zn+2].c1ccc2[nH]cnc2c1.c1ccc2[nH]cnc2c1.c1ccc2[nH]cnc2c1.c1ccc2[nH]cnc2c1. The summed E-state index contributed by atoms with van der Waals surface area (Å²) in [6.45, 7) is 0. The number of nitrogens with one attached hydrogen (secondary N) is 4. The van der Waals surface area contributed by atoms with Crippen molar-refractivity contribution < 1.29 is 110 Å².